The minimum Gasteiger partial charge on any atom is -0.508 e. The monoisotopic (exact) mass is 1110 g/mol. The molecule has 426 valence electrons. The average molecular weight is 1110 g/mol. The van der Waals surface area contributed by atoms with Gasteiger partial charge < -0.3 is 118 Å². The number of hydrogen-bond donors (Lipinski definition) is 13. The number of benzene rings is 3. The van der Waals surface area contributed by atoms with Crippen LogP contribution in [-0.4, -0.2) is 211 Å². The molecule has 0 aromatic heterocycles. The Hall–Kier alpha value is -7.28. The number of rotatable bonds is 18. The number of phenolic OH excluding ortho intramolecular Hbond substituents is 3. The van der Waals surface area contributed by atoms with Crippen molar-refractivity contribution in [2.45, 2.75) is 98.2 Å². The highest BCUT2D eigenvalue weighted by Gasteiger charge is 2.53. The maximum atomic E-state index is 13.1. The lowest BCUT2D eigenvalue weighted by molar-refractivity contribution is -0.363. The van der Waals surface area contributed by atoms with E-state index < -0.39 is 136 Å². The van der Waals surface area contributed by atoms with Crippen LogP contribution < -0.4 is 9.47 Å². The summed E-state index contributed by atoms with van der Waals surface area (Å²) in [7, 11) is 2.66. The van der Waals surface area contributed by atoms with Crippen LogP contribution in [0.3, 0.4) is 0 Å². The molecule has 4 aliphatic heterocycles. The second-order valence-electron chi connectivity index (χ2n) is 18.3. The molecule has 0 radical (unpaired) electrons. The number of aliphatic hydroxyl groups is 10. The minimum absolute atomic E-state index is 0.0165. The summed E-state index contributed by atoms with van der Waals surface area (Å²) in [5.41, 5.74) is 1.07. The lowest BCUT2D eigenvalue weighted by Crippen LogP contribution is -2.64. The summed E-state index contributed by atoms with van der Waals surface area (Å²) < 4.78 is 63.3. The van der Waals surface area contributed by atoms with E-state index in [0.29, 0.717) is 11.1 Å². The van der Waals surface area contributed by atoms with E-state index in [2.05, 4.69) is 0 Å². The zero-order chi connectivity index (χ0) is 56.8. The number of esters is 2. The van der Waals surface area contributed by atoms with Gasteiger partial charge in [0.2, 0.25) is 12.6 Å². The van der Waals surface area contributed by atoms with Crippen molar-refractivity contribution >= 4 is 29.8 Å². The smallest absolute Gasteiger partial charge is 0.330 e. The molecule has 16 atom stereocenters. The van der Waals surface area contributed by atoms with Gasteiger partial charge in [0.15, 0.2) is 46.9 Å². The zero-order valence-corrected chi connectivity index (χ0v) is 41.8. The fourth-order valence-electron chi connectivity index (χ4n) is 8.67. The predicted molar refractivity (Wildman–Crippen MR) is 264 cm³/mol. The van der Waals surface area contributed by atoms with Crippen LogP contribution in [0.15, 0.2) is 114 Å². The van der Waals surface area contributed by atoms with Gasteiger partial charge >= 0.3 is 11.9 Å². The summed E-state index contributed by atoms with van der Waals surface area (Å²) in [6.45, 7) is -2.32. The van der Waals surface area contributed by atoms with Gasteiger partial charge in [-0.25, -0.2) is 9.59 Å². The molecule has 3 saturated heterocycles. The molecular weight excluding hydrogens is 1050 g/mol. The third kappa shape index (κ3) is 13.3. The number of carbonyl (C=O) groups excluding carboxylic acids is 2. The van der Waals surface area contributed by atoms with Crippen LogP contribution in [-0.2, 0) is 52.2 Å². The van der Waals surface area contributed by atoms with Gasteiger partial charge in [0.25, 0.3) is 0 Å². The molecular formula is C53H58O26. The quantitative estimate of drug-likeness (QED) is 0.0544. The maximum Gasteiger partial charge on any atom is 0.330 e. The van der Waals surface area contributed by atoms with Gasteiger partial charge in [0, 0.05) is 35.4 Å². The molecule has 16 unspecified atom stereocenters. The van der Waals surface area contributed by atoms with Crippen LogP contribution in [0.5, 0.6) is 28.7 Å². The van der Waals surface area contributed by atoms with E-state index in [1.165, 1.54) is 99.2 Å². The minimum atomic E-state index is -2.12. The molecule has 0 saturated carbocycles. The highest BCUT2D eigenvalue weighted by atomic mass is 16.8. The molecule has 4 heterocycles. The summed E-state index contributed by atoms with van der Waals surface area (Å²) in [6, 6.07) is 13.9. The molecule has 3 aromatic rings. The summed E-state index contributed by atoms with van der Waals surface area (Å²) in [5, 5.41) is 139. The number of ether oxygens (including phenoxy) is 11. The Bertz CT molecular complexity index is 2840. The summed E-state index contributed by atoms with van der Waals surface area (Å²) in [5.74, 6) is -3.32. The molecule has 0 bridgehead atoms. The number of hydrogen-bond acceptors (Lipinski definition) is 26. The van der Waals surface area contributed by atoms with E-state index in [1.54, 1.807) is 0 Å². The van der Waals surface area contributed by atoms with Crippen LogP contribution >= 0.6 is 0 Å². The van der Waals surface area contributed by atoms with Crippen molar-refractivity contribution < 1.29 is 128 Å². The molecule has 0 spiro atoms. The Morgan fingerprint density at radius 2 is 1.10 bits per heavy atom. The van der Waals surface area contributed by atoms with E-state index in [4.69, 9.17) is 52.1 Å². The number of fused-ring (bicyclic) bond motifs is 1. The predicted octanol–water partition coefficient (Wildman–Crippen LogP) is -0.860. The van der Waals surface area contributed by atoms with Gasteiger partial charge in [-0.05, 0) is 77.9 Å². The topological polar surface area (TPSA) is 399 Å². The summed E-state index contributed by atoms with van der Waals surface area (Å²) in [6.07, 6.45) is -21.1. The number of phenols is 3. The third-order valence-electron chi connectivity index (χ3n) is 13.0. The van der Waals surface area contributed by atoms with E-state index in [9.17, 15) is 76.0 Å². The zero-order valence-electron chi connectivity index (χ0n) is 41.8. The van der Waals surface area contributed by atoms with Crippen LogP contribution in [0.1, 0.15) is 16.7 Å². The standard InChI is InChI=1S/C53H58O26/c1-69-33-15-23(3-11-29(33)57)5-13-39(59)71-21-37-42(62)45(65)48(68)52(77-37)79-50-46(66)43(63)38(22-72-40(60)14-6-24-4-12-30(58)34(16-24)70-2)78-53(50)75-35-19-28-31(73-49(35)25-7-9-26(55)10-8-25)17-27(56)18-32(28)74-51-47(67)44(64)41(61)36(20-54)76-51/h3-19,31,36-38,41-48,50-58,61-68H,20-22H2,1-2H3. The summed E-state index contributed by atoms with van der Waals surface area (Å²) in [4.78, 5) is 25.9. The van der Waals surface area contributed by atoms with Crippen molar-refractivity contribution in [2.24, 2.45) is 0 Å². The van der Waals surface area contributed by atoms with Crippen molar-refractivity contribution in [3.8, 4) is 28.7 Å². The van der Waals surface area contributed by atoms with Crippen LogP contribution in [0.4, 0.5) is 0 Å². The SMILES string of the molecule is COc1cc(C=CC(=O)OCC2OC(OC3C(OC4=C(c5ccc(O)cc5)OC5C=C(O)C=C(OC6OC(CO)C(O)C(O)C6O)C5=C4)OC(COC(=O)C=Cc4ccc(O)c(OC)c4)C(O)C3O)C(O)C(O)C2O)ccc1O. The Labute approximate surface area is 448 Å². The molecule has 3 fully saturated rings. The van der Waals surface area contributed by atoms with Crippen molar-refractivity contribution in [1.29, 1.82) is 0 Å². The maximum absolute atomic E-state index is 13.1. The average Bonchev–Trinajstić information content (AvgIpc) is 3.47. The molecule has 8 rings (SSSR count). The van der Waals surface area contributed by atoms with Gasteiger partial charge in [-0.15, -0.1) is 0 Å². The number of carbonyl (C=O) groups is 2. The first-order valence-corrected chi connectivity index (χ1v) is 24.3. The molecule has 1 aliphatic carbocycles. The van der Waals surface area contributed by atoms with Gasteiger partial charge in [0.1, 0.15) is 104 Å². The normalized spacial score (nSPS) is 31.8. The molecule has 0 amide bonds. The Balaban J connectivity index is 1.09. The molecule has 26 heteroatoms. The molecule has 5 aliphatic rings. The first-order valence-electron chi connectivity index (χ1n) is 24.3. The van der Waals surface area contributed by atoms with E-state index in [-0.39, 0.29) is 57.2 Å². The van der Waals surface area contributed by atoms with Crippen molar-refractivity contribution in [2.75, 3.05) is 34.0 Å². The number of methoxy groups -OCH3 is 2. The van der Waals surface area contributed by atoms with Gasteiger partial charge in [-0.1, -0.05) is 12.1 Å². The van der Waals surface area contributed by atoms with Crippen molar-refractivity contribution in [1.82, 2.24) is 0 Å². The Morgan fingerprint density at radius 3 is 1.66 bits per heavy atom. The summed E-state index contributed by atoms with van der Waals surface area (Å²) >= 11 is 0. The van der Waals surface area contributed by atoms with E-state index in [0.717, 1.165) is 18.2 Å². The van der Waals surface area contributed by atoms with Gasteiger partial charge in [-0.2, -0.15) is 0 Å². The highest BCUT2D eigenvalue weighted by Crippen LogP contribution is 2.41. The van der Waals surface area contributed by atoms with Crippen LogP contribution in [0, 0.1) is 0 Å². The van der Waals surface area contributed by atoms with Gasteiger partial charge in [0.05, 0.1) is 20.8 Å². The second-order valence-corrected chi connectivity index (χ2v) is 18.3. The molecule has 13 N–H and O–H groups in total. The number of allylic oxidation sites excluding steroid dienone is 2. The fourth-order valence-corrected chi connectivity index (χ4v) is 8.67. The Kier molecular flexibility index (Phi) is 18.5. The lowest BCUT2D eigenvalue weighted by atomic mass is 9.96. The van der Waals surface area contributed by atoms with Crippen LogP contribution in [0.25, 0.3) is 17.9 Å². The fraction of sp³-hybridized carbons (Fsp3) is 0.396. The van der Waals surface area contributed by atoms with E-state index >= 15 is 0 Å². The molecule has 3 aromatic carbocycles. The second kappa shape index (κ2) is 25.2. The van der Waals surface area contributed by atoms with Crippen molar-refractivity contribution in [3.05, 3.63) is 131 Å². The lowest BCUT2D eigenvalue weighted by Gasteiger charge is -2.46. The molecule has 79 heavy (non-hydrogen) atoms. The highest BCUT2D eigenvalue weighted by molar-refractivity contribution is 5.87. The first-order chi connectivity index (χ1) is 37.8. The first kappa shape index (κ1) is 57.9. The Morgan fingerprint density at radius 1 is 0.582 bits per heavy atom. The van der Waals surface area contributed by atoms with Crippen molar-refractivity contribution in [3.63, 3.8) is 0 Å². The number of aromatic hydroxyl groups is 3. The third-order valence-corrected chi connectivity index (χ3v) is 13.0. The van der Waals surface area contributed by atoms with E-state index in [1.807, 2.05) is 0 Å². The largest absolute Gasteiger partial charge is 0.508 e. The van der Waals surface area contributed by atoms with Crippen LogP contribution in [0.2, 0.25) is 0 Å². The number of aliphatic hydroxyl groups excluding tert-OH is 10. The molecule has 26 nitrogen and oxygen atoms in total. The van der Waals surface area contributed by atoms with Gasteiger partial charge in [-0.3, -0.25) is 0 Å².